The zero-order chi connectivity index (χ0) is 26.4. The van der Waals surface area contributed by atoms with Gasteiger partial charge in [-0.2, -0.15) is 0 Å². The van der Waals surface area contributed by atoms with E-state index in [2.05, 4.69) is 36.3 Å². The van der Waals surface area contributed by atoms with E-state index in [9.17, 15) is 14.7 Å². The minimum absolute atomic E-state index is 0.0106. The summed E-state index contributed by atoms with van der Waals surface area (Å²) in [4.78, 5) is 30.6. The number of rotatable bonds is 8. The molecule has 2 aliphatic rings. The number of hydrogen-bond acceptors (Lipinski definition) is 6. The Morgan fingerprint density at radius 3 is 2.59 bits per heavy atom. The molecule has 2 aromatic carbocycles. The number of nitrogens with one attached hydrogen (secondary N) is 1. The van der Waals surface area contributed by atoms with Crippen molar-refractivity contribution in [2.75, 3.05) is 45.3 Å². The number of carbonyl (C=O) groups is 2. The molecule has 2 aromatic rings. The maximum atomic E-state index is 13.6. The van der Waals surface area contributed by atoms with Gasteiger partial charge in [-0.25, -0.2) is 0 Å². The number of hydrogen-bond donors (Lipinski definition) is 2. The summed E-state index contributed by atoms with van der Waals surface area (Å²) >= 11 is 0. The Labute approximate surface area is 219 Å². The molecule has 200 valence electrons. The van der Waals surface area contributed by atoms with Crippen LogP contribution in [0.15, 0.2) is 48.5 Å². The van der Waals surface area contributed by atoms with Crippen molar-refractivity contribution < 1.29 is 24.2 Å². The van der Waals surface area contributed by atoms with E-state index in [1.54, 1.807) is 23.1 Å². The van der Waals surface area contributed by atoms with Crippen molar-refractivity contribution >= 4 is 17.5 Å². The van der Waals surface area contributed by atoms with Crippen molar-refractivity contribution in [3.8, 4) is 5.75 Å². The van der Waals surface area contributed by atoms with E-state index in [1.165, 1.54) is 5.56 Å². The molecule has 8 nitrogen and oxygen atoms in total. The lowest BCUT2D eigenvalue weighted by Crippen LogP contribution is -2.49. The van der Waals surface area contributed by atoms with Crippen LogP contribution >= 0.6 is 0 Å². The molecular formula is C29H39N3O5. The van der Waals surface area contributed by atoms with Crippen LogP contribution in [0.4, 0.5) is 5.69 Å². The Morgan fingerprint density at radius 2 is 1.89 bits per heavy atom. The SMILES string of the molecule is C[C@@H]1CN([C@H](C)CO)C(=O)c2cccc(NC(=O)C3CCOCC3)c2O[C@H]1CN(C)Cc1ccccc1. The predicted octanol–water partition coefficient (Wildman–Crippen LogP) is 3.40. The van der Waals surface area contributed by atoms with Gasteiger partial charge in [-0.15, -0.1) is 0 Å². The van der Waals surface area contributed by atoms with Crippen LogP contribution in [0, 0.1) is 11.8 Å². The Bertz CT molecular complexity index is 1060. The molecule has 3 atom stereocenters. The molecular weight excluding hydrogens is 470 g/mol. The molecule has 1 saturated heterocycles. The average Bonchev–Trinajstić information content (AvgIpc) is 2.91. The molecule has 0 saturated carbocycles. The van der Waals surface area contributed by atoms with E-state index in [1.807, 2.05) is 25.1 Å². The van der Waals surface area contributed by atoms with E-state index >= 15 is 0 Å². The minimum atomic E-state index is -0.343. The quantitative estimate of drug-likeness (QED) is 0.567. The van der Waals surface area contributed by atoms with Gasteiger partial charge in [0.1, 0.15) is 6.10 Å². The molecule has 0 radical (unpaired) electrons. The standard InChI is InChI=1S/C29H39N3O5/c1-20-16-32(21(2)19-33)29(35)24-10-7-11-25(30-28(34)23-12-14-36-15-13-23)27(24)37-26(20)18-31(3)17-22-8-5-4-6-9-22/h4-11,20-21,23,26,33H,12-19H2,1-3H3,(H,30,34)/t20-,21-,26+/m1/s1. The Morgan fingerprint density at radius 1 is 1.16 bits per heavy atom. The highest BCUT2D eigenvalue weighted by Gasteiger charge is 2.35. The number of anilines is 1. The van der Waals surface area contributed by atoms with Crippen LogP contribution in [0.1, 0.15) is 42.6 Å². The first-order valence-electron chi connectivity index (χ1n) is 13.2. The summed E-state index contributed by atoms with van der Waals surface area (Å²) in [6, 6.07) is 15.2. The zero-order valence-electron chi connectivity index (χ0n) is 22.1. The third kappa shape index (κ3) is 6.69. The van der Waals surface area contributed by atoms with Gasteiger partial charge in [0.15, 0.2) is 5.75 Å². The van der Waals surface area contributed by atoms with Gasteiger partial charge in [0, 0.05) is 44.7 Å². The summed E-state index contributed by atoms with van der Waals surface area (Å²) in [6.45, 7) is 6.78. The third-order valence-corrected chi connectivity index (χ3v) is 7.33. The van der Waals surface area contributed by atoms with Crippen LogP contribution in [0.3, 0.4) is 0 Å². The van der Waals surface area contributed by atoms with Gasteiger partial charge >= 0.3 is 0 Å². The van der Waals surface area contributed by atoms with Crippen LogP contribution in [0.25, 0.3) is 0 Å². The van der Waals surface area contributed by atoms with Crippen molar-refractivity contribution in [1.82, 2.24) is 9.80 Å². The predicted molar refractivity (Wildman–Crippen MR) is 143 cm³/mol. The normalized spacial score (nSPS) is 21.5. The van der Waals surface area contributed by atoms with Crippen LogP contribution in [-0.4, -0.2) is 78.8 Å². The van der Waals surface area contributed by atoms with Crippen LogP contribution < -0.4 is 10.1 Å². The first-order chi connectivity index (χ1) is 17.9. The Balaban J connectivity index is 1.63. The van der Waals surface area contributed by atoms with Crippen molar-refractivity contribution in [1.29, 1.82) is 0 Å². The summed E-state index contributed by atoms with van der Waals surface area (Å²) in [5.41, 5.74) is 2.11. The molecule has 0 aliphatic carbocycles. The van der Waals surface area contributed by atoms with Gasteiger partial charge in [-0.05, 0) is 44.5 Å². The van der Waals surface area contributed by atoms with Crippen LogP contribution in [0.5, 0.6) is 5.75 Å². The Hall–Kier alpha value is -2.94. The Kier molecular flexibility index (Phi) is 9.18. The first-order valence-corrected chi connectivity index (χ1v) is 13.2. The molecule has 2 aliphatic heterocycles. The topological polar surface area (TPSA) is 91.3 Å². The second-order valence-electron chi connectivity index (χ2n) is 10.4. The fourth-order valence-corrected chi connectivity index (χ4v) is 5.02. The number of likely N-dealkylation sites (N-methyl/N-ethyl adjacent to an activating group) is 1. The molecule has 1 fully saturated rings. The van der Waals surface area contributed by atoms with Gasteiger partial charge in [-0.1, -0.05) is 43.3 Å². The zero-order valence-corrected chi connectivity index (χ0v) is 22.1. The average molecular weight is 510 g/mol. The molecule has 8 heteroatoms. The number of amides is 2. The van der Waals surface area contributed by atoms with E-state index in [-0.39, 0.29) is 42.4 Å². The maximum absolute atomic E-state index is 13.6. The molecule has 2 amide bonds. The molecule has 0 spiro atoms. The van der Waals surface area contributed by atoms with Crippen LogP contribution in [-0.2, 0) is 16.1 Å². The number of aliphatic hydroxyl groups excluding tert-OH is 1. The van der Waals surface area contributed by atoms with E-state index in [4.69, 9.17) is 9.47 Å². The summed E-state index contributed by atoms with van der Waals surface area (Å²) in [6.07, 6.45) is 1.11. The lowest BCUT2D eigenvalue weighted by atomic mass is 9.98. The lowest BCUT2D eigenvalue weighted by molar-refractivity contribution is -0.122. The smallest absolute Gasteiger partial charge is 0.258 e. The second-order valence-corrected chi connectivity index (χ2v) is 10.4. The highest BCUT2D eigenvalue weighted by Crippen LogP contribution is 2.35. The number of nitrogens with zero attached hydrogens (tertiary/aromatic N) is 2. The molecule has 4 rings (SSSR count). The second kappa shape index (κ2) is 12.5. The third-order valence-electron chi connectivity index (χ3n) is 7.33. The van der Waals surface area contributed by atoms with Crippen molar-refractivity contribution in [3.05, 3.63) is 59.7 Å². The number of aliphatic hydroxyl groups is 1. The van der Waals surface area contributed by atoms with Gasteiger partial charge in [-0.3, -0.25) is 14.5 Å². The molecule has 0 aromatic heterocycles. The number of para-hydroxylation sites is 1. The molecule has 0 unspecified atom stereocenters. The highest BCUT2D eigenvalue weighted by atomic mass is 16.5. The van der Waals surface area contributed by atoms with Crippen LogP contribution in [0.2, 0.25) is 0 Å². The van der Waals surface area contributed by atoms with Gasteiger partial charge in [0.05, 0.1) is 23.9 Å². The van der Waals surface area contributed by atoms with E-state index in [0.29, 0.717) is 56.1 Å². The summed E-state index contributed by atoms with van der Waals surface area (Å²) in [5.74, 6) is -0.0365. The van der Waals surface area contributed by atoms with Crippen molar-refractivity contribution in [2.45, 2.75) is 45.4 Å². The molecule has 2 N–H and O–H groups in total. The number of ether oxygens (including phenoxy) is 2. The summed E-state index contributed by atoms with van der Waals surface area (Å²) < 4.78 is 12.0. The lowest BCUT2D eigenvalue weighted by Gasteiger charge is -2.38. The number of benzene rings is 2. The van der Waals surface area contributed by atoms with E-state index in [0.717, 1.165) is 6.54 Å². The van der Waals surface area contributed by atoms with Crippen molar-refractivity contribution in [3.63, 3.8) is 0 Å². The van der Waals surface area contributed by atoms with Gasteiger partial charge in [0.25, 0.3) is 5.91 Å². The number of fused-ring (bicyclic) bond motifs is 1. The molecule has 37 heavy (non-hydrogen) atoms. The molecule has 2 heterocycles. The van der Waals surface area contributed by atoms with E-state index < -0.39 is 0 Å². The monoisotopic (exact) mass is 509 g/mol. The van der Waals surface area contributed by atoms with Gasteiger partial charge < -0.3 is 24.8 Å². The molecule has 0 bridgehead atoms. The first kappa shape index (κ1) is 27.1. The maximum Gasteiger partial charge on any atom is 0.258 e. The van der Waals surface area contributed by atoms with Crippen molar-refractivity contribution in [2.24, 2.45) is 11.8 Å². The fourth-order valence-electron chi connectivity index (χ4n) is 5.02. The largest absolute Gasteiger partial charge is 0.486 e. The van der Waals surface area contributed by atoms with Gasteiger partial charge in [0.2, 0.25) is 5.91 Å². The highest BCUT2D eigenvalue weighted by molar-refractivity contribution is 6.02. The number of carbonyl (C=O) groups excluding carboxylic acids is 2. The summed E-state index contributed by atoms with van der Waals surface area (Å²) in [7, 11) is 2.06. The minimum Gasteiger partial charge on any atom is -0.486 e. The summed E-state index contributed by atoms with van der Waals surface area (Å²) in [5, 5.41) is 12.9. The fraction of sp³-hybridized carbons (Fsp3) is 0.517.